The molecule has 6 heteroatoms. The van der Waals surface area contributed by atoms with Crippen molar-refractivity contribution in [2.75, 3.05) is 6.54 Å². The minimum absolute atomic E-state index is 0.00726. The lowest BCUT2D eigenvalue weighted by Gasteiger charge is -2.01. The van der Waals surface area contributed by atoms with Crippen molar-refractivity contribution in [3.63, 3.8) is 0 Å². The van der Waals surface area contributed by atoms with Crippen LogP contribution in [-0.4, -0.2) is 35.7 Å². The van der Waals surface area contributed by atoms with E-state index in [0.29, 0.717) is 13.0 Å². The standard InChI is InChI=1S/C6H12N4O2/c7-6(8)10-3-1-4(5(11)12)9-2-3/h3-4,9H,1-2H2,(H,11,12)(H4,7,8,10)/t3-,4+/m1/s1. The van der Waals surface area contributed by atoms with Gasteiger partial charge >= 0.3 is 5.97 Å². The molecule has 0 saturated carbocycles. The van der Waals surface area contributed by atoms with E-state index in [1.54, 1.807) is 0 Å². The first-order valence-corrected chi connectivity index (χ1v) is 3.64. The Morgan fingerprint density at radius 2 is 2.25 bits per heavy atom. The van der Waals surface area contributed by atoms with Crippen molar-refractivity contribution < 1.29 is 9.90 Å². The van der Waals surface area contributed by atoms with E-state index in [4.69, 9.17) is 16.6 Å². The van der Waals surface area contributed by atoms with E-state index in [2.05, 4.69) is 10.3 Å². The van der Waals surface area contributed by atoms with Crippen molar-refractivity contribution in [1.82, 2.24) is 5.32 Å². The SMILES string of the molecule is NC(N)=N[C@H]1CN[C@H](C(=O)O)C1. The van der Waals surface area contributed by atoms with Gasteiger partial charge in [-0.15, -0.1) is 0 Å². The Kier molecular flexibility index (Phi) is 2.49. The largest absolute Gasteiger partial charge is 0.480 e. The van der Waals surface area contributed by atoms with Crippen LogP contribution >= 0.6 is 0 Å². The van der Waals surface area contributed by atoms with Gasteiger partial charge in [0.25, 0.3) is 0 Å². The number of nitrogens with zero attached hydrogens (tertiary/aromatic N) is 1. The molecule has 6 N–H and O–H groups in total. The molecule has 0 aromatic carbocycles. The van der Waals surface area contributed by atoms with Gasteiger partial charge in [0.15, 0.2) is 5.96 Å². The van der Waals surface area contributed by atoms with Gasteiger partial charge in [-0.3, -0.25) is 4.79 Å². The maximum absolute atomic E-state index is 10.5. The maximum Gasteiger partial charge on any atom is 0.320 e. The number of carboxylic acids is 1. The summed E-state index contributed by atoms with van der Waals surface area (Å²) in [4.78, 5) is 14.3. The number of rotatable bonds is 2. The normalized spacial score (nSPS) is 28.3. The minimum Gasteiger partial charge on any atom is -0.480 e. The van der Waals surface area contributed by atoms with Crippen LogP contribution < -0.4 is 16.8 Å². The molecule has 1 rings (SSSR count). The molecule has 12 heavy (non-hydrogen) atoms. The second-order valence-corrected chi connectivity index (χ2v) is 2.74. The van der Waals surface area contributed by atoms with Crippen LogP contribution in [0.2, 0.25) is 0 Å². The van der Waals surface area contributed by atoms with Gasteiger partial charge in [0.2, 0.25) is 0 Å². The molecule has 0 unspecified atom stereocenters. The van der Waals surface area contributed by atoms with Crippen molar-refractivity contribution in [2.24, 2.45) is 16.5 Å². The van der Waals surface area contributed by atoms with Gasteiger partial charge in [-0.25, -0.2) is 4.99 Å². The van der Waals surface area contributed by atoms with E-state index < -0.39 is 12.0 Å². The summed E-state index contributed by atoms with van der Waals surface area (Å²) >= 11 is 0. The molecule has 6 nitrogen and oxygen atoms in total. The number of carbonyl (C=O) groups is 1. The van der Waals surface area contributed by atoms with E-state index >= 15 is 0 Å². The smallest absolute Gasteiger partial charge is 0.320 e. The fourth-order valence-electron chi connectivity index (χ4n) is 1.21. The zero-order chi connectivity index (χ0) is 9.14. The van der Waals surface area contributed by atoms with E-state index in [0.717, 1.165) is 0 Å². The Bertz CT molecular complexity index is 212. The second-order valence-electron chi connectivity index (χ2n) is 2.74. The van der Waals surface area contributed by atoms with Gasteiger partial charge in [-0.05, 0) is 6.42 Å². The molecule has 2 atom stereocenters. The number of nitrogens with one attached hydrogen (secondary N) is 1. The highest BCUT2D eigenvalue weighted by Gasteiger charge is 2.28. The quantitative estimate of drug-likeness (QED) is 0.286. The van der Waals surface area contributed by atoms with Crippen molar-refractivity contribution >= 4 is 11.9 Å². The number of hydrogen-bond acceptors (Lipinski definition) is 3. The maximum atomic E-state index is 10.5. The topological polar surface area (TPSA) is 114 Å². The molecule has 1 aliphatic rings. The van der Waals surface area contributed by atoms with Gasteiger partial charge in [0.1, 0.15) is 6.04 Å². The number of guanidine groups is 1. The molecular weight excluding hydrogens is 160 g/mol. The third-order valence-electron chi connectivity index (χ3n) is 1.74. The number of aliphatic imine (C=N–C) groups is 1. The van der Waals surface area contributed by atoms with Crippen LogP contribution in [0.5, 0.6) is 0 Å². The summed E-state index contributed by atoms with van der Waals surface area (Å²) in [6, 6.07) is -0.616. The van der Waals surface area contributed by atoms with Crippen LogP contribution in [0.25, 0.3) is 0 Å². The van der Waals surface area contributed by atoms with Crippen LogP contribution in [0, 0.1) is 0 Å². The van der Waals surface area contributed by atoms with Gasteiger partial charge in [-0.1, -0.05) is 0 Å². The molecule has 0 amide bonds. The van der Waals surface area contributed by atoms with E-state index in [1.165, 1.54) is 0 Å². The zero-order valence-electron chi connectivity index (χ0n) is 6.53. The summed E-state index contributed by atoms with van der Waals surface area (Å²) in [6.45, 7) is 0.523. The Morgan fingerprint density at radius 3 is 2.67 bits per heavy atom. The average molecular weight is 172 g/mol. The van der Waals surface area contributed by atoms with Gasteiger partial charge < -0.3 is 21.9 Å². The molecule has 1 saturated heterocycles. The third-order valence-corrected chi connectivity index (χ3v) is 1.74. The highest BCUT2D eigenvalue weighted by Crippen LogP contribution is 2.09. The summed E-state index contributed by atoms with van der Waals surface area (Å²) in [6.07, 6.45) is 0.452. The van der Waals surface area contributed by atoms with Crippen LogP contribution in [0.1, 0.15) is 6.42 Å². The molecule has 0 aromatic heterocycles. The second kappa shape index (κ2) is 3.40. The monoisotopic (exact) mass is 172 g/mol. The summed E-state index contributed by atoms with van der Waals surface area (Å²) in [7, 11) is 0. The van der Waals surface area contributed by atoms with E-state index in [1.807, 2.05) is 0 Å². The van der Waals surface area contributed by atoms with E-state index in [9.17, 15) is 4.79 Å². The molecule has 0 aliphatic carbocycles. The zero-order valence-corrected chi connectivity index (χ0v) is 6.53. The molecule has 0 bridgehead atoms. The van der Waals surface area contributed by atoms with Crippen molar-refractivity contribution in [3.8, 4) is 0 Å². The van der Waals surface area contributed by atoms with Gasteiger partial charge in [-0.2, -0.15) is 0 Å². The first-order valence-electron chi connectivity index (χ1n) is 3.64. The fraction of sp³-hybridized carbons (Fsp3) is 0.667. The van der Waals surface area contributed by atoms with Gasteiger partial charge in [0.05, 0.1) is 6.04 Å². The van der Waals surface area contributed by atoms with Gasteiger partial charge in [0, 0.05) is 6.54 Å². The molecule has 0 spiro atoms. The Morgan fingerprint density at radius 1 is 1.58 bits per heavy atom. The summed E-state index contributed by atoms with van der Waals surface area (Å²) < 4.78 is 0. The van der Waals surface area contributed by atoms with Crippen LogP contribution in [0.3, 0.4) is 0 Å². The first-order chi connectivity index (χ1) is 5.59. The van der Waals surface area contributed by atoms with Crippen LogP contribution in [-0.2, 0) is 4.79 Å². The fourth-order valence-corrected chi connectivity index (χ4v) is 1.21. The van der Waals surface area contributed by atoms with Crippen molar-refractivity contribution in [1.29, 1.82) is 0 Å². The average Bonchev–Trinajstić information content (AvgIpc) is 2.34. The Labute approximate surface area is 69.6 Å². The molecular formula is C6H12N4O2. The Balaban J connectivity index is 2.46. The highest BCUT2D eigenvalue weighted by atomic mass is 16.4. The highest BCUT2D eigenvalue weighted by molar-refractivity contribution is 5.76. The Hall–Kier alpha value is -1.30. The van der Waals surface area contributed by atoms with E-state index in [-0.39, 0.29) is 12.0 Å². The van der Waals surface area contributed by atoms with Crippen molar-refractivity contribution in [2.45, 2.75) is 18.5 Å². The molecule has 1 fully saturated rings. The first kappa shape index (κ1) is 8.79. The number of aliphatic carboxylic acids is 1. The number of hydrogen-bond donors (Lipinski definition) is 4. The van der Waals surface area contributed by atoms with Crippen LogP contribution in [0.15, 0.2) is 4.99 Å². The van der Waals surface area contributed by atoms with Crippen LogP contribution in [0.4, 0.5) is 0 Å². The summed E-state index contributed by atoms with van der Waals surface area (Å²) in [5, 5.41) is 11.4. The third kappa shape index (κ3) is 2.09. The summed E-state index contributed by atoms with van der Waals surface area (Å²) in [5.41, 5.74) is 10.3. The number of nitrogens with two attached hydrogens (primary N) is 2. The molecule has 0 aromatic rings. The lowest BCUT2D eigenvalue weighted by atomic mass is 10.2. The molecule has 1 heterocycles. The molecule has 68 valence electrons. The predicted molar refractivity (Wildman–Crippen MR) is 43.6 cm³/mol. The molecule has 1 aliphatic heterocycles. The van der Waals surface area contributed by atoms with Crippen molar-refractivity contribution in [3.05, 3.63) is 0 Å². The lowest BCUT2D eigenvalue weighted by Crippen LogP contribution is -2.30. The lowest BCUT2D eigenvalue weighted by molar-refractivity contribution is -0.139. The predicted octanol–water partition coefficient (Wildman–Crippen LogP) is -1.93. The minimum atomic E-state index is -0.858. The summed E-state index contributed by atoms with van der Waals surface area (Å²) in [5.74, 6) is -0.851. The number of carboxylic acid groups (broad SMARTS) is 1. The molecule has 0 radical (unpaired) electrons.